The predicted molar refractivity (Wildman–Crippen MR) is 63.0 cm³/mol. The van der Waals surface area contributed by atoms with Gasteiger partial charge in [-0.05, 0) is 46.5 Å². The van der Waals surface area contributed by atoms with Crippen LogP contribution in [0.2, 0.25) is 0 Å². The Hall–Kier alpha value is -0.480. The van der Waals surface area contributed by atoms with Gasteiger partial charge < -0.3 is 5.73 Å². The third-order valence-electron chi connectivity index (χ3n) is 3.30. The third-order valence-corrected chi connectivity index (χ3v) is 3.88. The van der Waals surface area contributed by atoms with Crippen molar-refractivity contribution in [3.8, 4) is 0 Å². The van der Waals surface area contributed by atoms with Crippen molar-refractivity contribution in [2.24, 2.45) is 5.73 Å². The fourth-order valence-corrected chi connectivity index (χ4v) is 2.75. The molecule has 0 spiro atoms. The van der Waals surface area contributed by atoms with Crippen LogP contribution in [0.15, 0.2) is 16.6 Å². The van der Waals surface area contributed by atoms with Crippen molar-refractivity contribution in [1.82, 2.24) is 0 Å². The summed E-state index contributed by atoms with van der Waals surface area (Å²) in [7, 11) is 0. The van der Waals surface area contributed by atoms with E-state index < -0.39 is 17.2 Å². The van der Waals surface area contributed by atoms with Crippen molar-refractivity contribution in [3.63, 3.8) is 0 Å². The molecular weight excluding hydrogens is 276 g/mol. The second-order valence-corrected chi connectivity index (χ2v) is 5.33. The highest BCUT2D eigenvalue weighted by molar-refractivity contribution is 9.10. The summed E-state index contributed by atoms with van der Waals surface area (Å²) in [6.45, 7) is 0. The maximum atomic E-state index is 13.3. The third kappa shape index (κ3) is 2.13. The molecule has 1 aromatic carbocycles. The van der Waals surface area contributed by atoms with Crippen molar-refractivity contribution in [2.75, 3.05) is 0 Å². The van der Waals surface area contributed by atoms with Gasteiger partial charge in [0.1, 0.15) is 0 Å². The van der Waals surface area contributed by atoms with Crippen LogP contribution in [0.1, 0.15) is 37.7 Å². The molecule has 1 aliphatic rings. The molecule has 4 heteroatoms. The molecule has 16 heavy (non-hydrogen) atoms. The predicted octanol–water partition coefficient (Wildman–Crippen LogP) is 3.85. The Morgan fingerprint density at radius 3 is 2.31 bits per heavy atom. The molecule has 0 aliphatic heterocycles. The standard InChI is InChI=1S/C12H14BrF2N/c13-9-6-8(7-10(14)11(9)15)12(16)4-2-1-3-5-12/h6-7H,1-5,16H2. The van der Waals surface area contributed by atoms with Gasteiger partial charge in [-0.2, -0.15) is 0 Å². The summed E-state index contributed by atoms with van der Waals surface area (Å²) >= 11 is 3.02. The maximum absolute atomic E-state index is 13.3. The van der Waals surface area contributed by atoms with Gasteiger partial charge in [0.05, 0.1) is 4.47 Å². The minimum atomic E-state index is -0.844. The van der Waals surface area contributed by atoms with Gasteiger partial charge in [-0.1, -0.05) is 19.3 Å². The van der Waals surface area contributed by atoms with E-state index in [0.29, 0.717) is 5.56 Å². The summed E-state index contributed by atoms with van der Waals surface area (Å²) in [5.74, 6) is -1.68. The van der Waals surface area contributed by atoms with E-state index >= 15 is 0 Å². The lowest BCUT2D eigenvalue weighted by Crippen LogP contribution is -2.38. The van der Waals surface area contributed by atoms with Crippen molar-refractivity contribution < 1.29 is 8.78 Å². The Labute approximate surface area is 102 Å². The first-order chi connectivity index (χ1) is 7.53. The molecule has 0 bridgehead atoms. The second kappa shape index (κ2) is 4.41. The van der Waals surface area contributed by atoms with E-state index in [9.17, 15) is 8.78 Å². The average molecular weight is 290 g/mol. The topological polar surface area (TPSA) is 26.0 Å². The van der Waals surface area contributed by atoms with Crippen LogP contribution in [0.3, 0.4) is 0 Å². The molecule has 2 rings (SSSR count). The first-order valence-corrected chi connectivity index (χ1v) is 6.26. The van der Waals surface area contributed by atoms with Crippen LogP contribution in [0.25, 0.3) is 0 Å². The Bertz CT molecular complexity index is 377. The molecule has 0 radical (unpaired) electrons. The zero-order valence-corrected chi connectivity index (χ0v) is 10.5. The quantitative estimate of drug-likeness (QED) is 0.781. The Kier molecular flexibility index (Phi) is 3.31. The number of hydrogen-bond acceptors (Lipinski definition) is 1. The van der Waals surface area contributed by atoms with Crippen molar-refractivity contribution in [2.45, 2.75) is 37.6 Å². The van der Waals surface area contributed by atoms with Gasteiger partial charge >= 0.3 is 0 Å². The molecule has 1 aromatic rings. The van der Waals surface area contributed by atoms with E-state index in [4.69, 9.17) is 5.73 Å². The summed E-state index contributed by atoms with van der Waals surface area (Å²) in [5.41, 5.74) is 6.46. The van der Waals surface area contributed by atoms with Crippen LogP contribution in [-0.2, 0) is 5.54 Å². The highest BCUT2D eigenvalue weighted by atomic mass is 79.9. The van der Waals surface area contributed by atoms with Gasteiger partial charge in [-0.25, -0.2) is 8.78 Å². The van der Waals surface area contributed by atoms with Crippen LogP contribution in [-0.4, -0.2) is 0 Å². The van der Waals surface area contributed by atoms with Gasteiger partial charge in [0.15, 0.2) is 11.6 Å². The first kappa shape index (κ1) is 12.0. The Balaban J connectivity index is 2.39. The molecule has 0 aromatic heterocycles. The number of halogens is 3. The van der Waals surface area contributed by atoms with Gasteiger partial charge in [-0.15, -0.1) is 0 Å². The van der Waals surface area contributed by atoms with Crippen LogP contribution in [0.5, 0.6) is 0 Å². The summed E-state index contributed by atoms with van der Waals surface area (Å²) in [5, 5.41) is 0. The molecule has 2 N–H and O–H groups in total. The van der Waals surface area contributed by atoms with Crippen LogP contribution < -0.4 is 5.73 Å². The number of rotatable bonds is 1. The summed E-state index contributed by atoms with van der Waals surface area (Å²) in [6, 6.07) is 2.83. The molecule has 1 saturated carbocycles. The van der Waals surface area contributed by atoms with Gasteiger partial charge in [0.2, 0.25) is 0 Å². The minimum Gasteiger partial charge on any atom is -0.321 e. The average Bonchev–Trinajstić information content (AvgIpc) is 2.26. The highest BCUT2D eigenvalue weighted by Crippen LogP contribution is 2.36. The fourth-order valence-electron chi connectivity index (χ4n) is 2.31. The summed E-state index contributed by atoms with van der Waals surface area (Å²) < 4.78 is 26.6. The van der Waals surface area contributed by atoms with Gasteiger partial charge in [0.25, 0.3) is 0 Å². The maximum Gasteiger partial charge on any atom is 0.172 e. The fraction of sp³-hybridized carbons (Fsp3) is 0.500. The molecule has 88 valence electrons. The molecule has 1 fully saturated rings. The molecule has 0 saturated heterocycles. The van der Waals surface area contributed by atoms with E-state index in [1.54, 1.807) is 6.07 Å². The monoisotopic (exact) mass is 289 g/mol. The first-order valence-electron chi connectivity index (χ1n) is 5.47. The van der Waals surface area contributed by atoms with E-state index in [2.05, 4.69) is 15.9 Å². The van der Waals surface area contributed by atoms with Crippen LogP contribution >= 0.6 is 15.9 Å². The van der Waals surface area contributed by atoms with E-state index in [1.165, 1.54) is 12.5 Å². The van der Waals surface area contributed by atoms with Crippen molar-refractivity contribution in [3.05, 3.63) is 33.8 Å². The lowest BCUT2D eigenvalue weighted by molar-refractivity contribution is 0.300. The molecule has 1 nitrogen and oxygen atoms in total. The molecule has 0 atom stereocenters. The molecule has 0 heterocycles. The largest absolute Gasteiger partial charge is 0.321 e. The van der Waals surface area contributed by atoms with Crippen LogP contribution in [0.4, 0.5) is 8.78 Å². The van der Waals surface area contributed by atoms with E-state index in [-0.39, 0.29) is 4.47 Å². The smallest absolute Gasteiger partial charge is 0.172 e. The molecular formula is C12H14BrF2N. The summed E-state index contributed by atoms with van der Waals surface area (Å²) in [6.07, 6.45) is 4.94. The van der Waals surface area contributed by atoms with Gasteiger partial charge in [0, 0.05) is 5.54 Å². The van der Waals surface area contributed by atoms with Crippen molar-refractivity contribution >= 4 is 15.9 Å². The lowest BCUT2D eigenvalue weighted by Gasteiger charge is -2.34. The summed E-state index contributed by atoms with van der Waals surface area (Å²) in [4.78, 5) is 0. The Morgan fingerprint density at radius 1 is 1.12 bits per heavy atom. The van der Waals surface area contributed by atoms with E-state index in [1.807, 2.05) is 0 Å². The molecule has 1 aliphatic carbocycles. The second-order valence-electron chi connectivity index (χ2n) is 4.47. The number of benzene rings is 1. The highest BCUT2D eigenvalue weighted by Gasteiger charge is 2.30. The van der Waals surface area contributed by atoms with Crippen LogP contribution in [0, 0.1) is 11.6 Å². The minimum absolute atomic E-state index is 0.151. The zero-order valence-electron chi connectivity index (χ0n) is 8.90. The molecule has 0 unspecified atom stereocenters. The molecule has 0 amide bonds. The number of hydrogen-bond donors (Lipinski definition) is 1. The SMILES string of the molecule is NC1(c2cc(F)c(F)c(Br)c2)CCCCC1. The van der Waals surface area contributed by atoms with Gasteiger partial charge in [-0.3, -0.25) is 0 Å². The number of nitrogens with two attached hydrogens (primary N) is 1. The van der Waals surface area contributed by atoms with Crippen molar-refractivity contribution in [1.29, 1.82) is 0 Å². The normalized spacial score (nSPS) is 19.8. The zero-order chi connectivity index (χ0) is 11.8. The van der Waals surface area contributed by atoms with E-state index in [0.717, 1.165) is 25.7 Å². The Morgan fingerprint density at radius 2 is 1.75 bits per heavy atom. The lowest BCUT2D eigenvalue weighted by atomic mass is 9.77.